The molecule has 35 heavy (non-hydrogen) atoms. The number of aromatic nitrogens is 1. The van der Waals surface area contributed by atoms with Crippen LogP contribution in [0.1, 0.15) is 32.5 Å². The molecule has 0 atom stereocenters. The van der Waals surface area contributed by atoms with Gasteiger partial charge in [0.25, 0.3) is 5.91 Å². The molecular weight excluding hydrogens is 460 g/mol. The number of hydrogen-bond donors (Lipinski definition) is 1. The lowest BCUT2D eigenvalue weighted by Crippen LogP contribution is -2.14. The first-order valence-corrected chi connectivity index (χ1v) is 11.8. The Morgan fingerprint density at radius 1 is 0.886 bits per heavy atom. The predicted octanol–water partition coefficient (Wildman–Crippen LogP) is 6.35. The van der Waals surface area contributed by atoms with E-state index in [9.17, 15) is 14.4 Å². The van der Waals surface area contributed by atoms with Crippen molar-refractivity contribution in [3.05, 3.63) is 105 Å². The first kappa shape index (κ1) is 22.4. The lowest BCUT2D eigenvalue weighted by atomic mass is 10.0. The lowest BCUT2D eigenvalue weighted by Gasteiger charge is -2.10. The van der Waals surface area contributed by atoms with Gasteiger partial charge in [-0.2, -0.15) is 0 Å². The zero-order valence-corrected chi connectivity index (χ0v) is 19.8. The maximum Gasteiger partial charge on any atom is 0.261 e. The molecule has 0 radical (unpaired) electrons. The molecule has 6 nitrogen and oxygen atoms in total. The molecule has 3 aromatic carbocycles. The van der Waals surface area contributed by atoms with Crippen LogP contribution in [-0.4, -0.2) is 16.7 Å². The van der Waals surface area contributed by atoms with E-state index < -0.39 is 5.91 Å². The SMILES string of the molecule is CC(=O)c1sc(NC(=O)c2cccc3c(=O)c(C)c(-c4ccccc4)oc23)nc1-c1ccccc1. The lowest BCUT2D eigenvalue weighted by molar-refractivity contribution is 0.101. The average Bonchev–Trinajstić information content (AvgIpc) is 3.31. The molecule has 1 amide bonds. The number of thiazole rings is 1. The molecule has 2 heterocycles. The second-order valence-electron chi connectivity index (χ2n) is 8.01. The third kappa shape index (κ3) is 4.18. The van der Waals surface area contributed by atoms with Gasteiger partial charge in [-0.25, -0.2) is 4.98 Å². The van der Waals surface area contributed by atoms with E-state index in [1.54, 1.807) is 25.1 Å². The van der Waals surface area contributed by atoms with Crippen LogP contribution in [0.15, 0.2) is 88.1 Å². The highest BCUT2D eigenvalue weighted by atomic mass is 32.1. The number of nitrogens with one attached hydrogen (secondary N) is 1. The number of benzene rings is 3. The number of rotatable bonds is 5. The van der Waals surface area contributed by atoms with Gasteiger partial charge in [0.2, 0.25) is 0 Å². The number of para-hydroxylation sites is 1. The van der Waals surface area contributed by atoms with E-state index in [1.807, 2.05) is 60.7 Å². The summed E-state index contributed by atoms with van der Waals surface area (Å²) < 4.78 is 6.15. The van der Waals surface area contributed by atoms with Crippen LogP contribution < -0.4 is 10.7 Å². The van der Waals surface area contributed by atoms with E-state index in [1.165, 1.54) is 6.92 Å². The summed E-state index contributed by atoms with van der Waals surface area (Å²) in [5.41, 5.74) is 2.74. The van der Waals surface area contributed by atoms with E-state index in [2.05, 4.69) is 10.3 Å². The maximum absolute atomic E-state index is 13.3. The largest absolute Gasteiger partial charge is 0.455 e. The van der Waals surface area contributed by atoms with Gasteiger partial charge in [0.15, 0.2) is 21.9 Å². The average molecular weight is 481 g/mol. The van der Waals surface area contributed by atoms with E-state index in [4.69, 9.17) is 4.42 Å². The van der Waals surface area contributed by atoms with Gasteiger partial charge in [0.05, 0.1) is 21.5 Å². The Hall–Kier alpha value is -4.36. The second-order valence-corrected chi connectivity index (χ2v) is 9.01. The molecule has 0 bridgehead atoms. The Balaban J connectivity index is 1.58. The number of anilines is 1. The van der Waals surface area contributed by atoms with Crippen LogP contribution in [0.3, 0.4) is 0 Å². The minimum atomic E-state index is -0.481. The minimum Gasteiger partial charge on any atom is -0.455 e. The van der Waals surface area contributed by atoms with Crippen molar-refractivity contribution in [3.63, 3.8) is 0 Å². The summed E-state index contributed by atoms with van der Waals surface area (Å²) in [7, 11) is 0. The highest BCUT2D eigenvalue weighted by Gasteiger charge is 2.21. The molecule has 5 rings (SSSR count). The Bertz CT molecular complexity index is 1640. The Labute approximate surface area is 204 Å². The monoisotopic (exact) mass is 480 g/mol. The highest BCUT2D eigenvalue weighted by Crippen LogP contribution is 2.32. The summed E-state index contributed by atoms with van der Waals surface area (Å²) in [6.45, 7) is 3.18. The normalized spacial score (nSPS) is 10.9. The van der Waals surface area contributed by atoms with Crippen LogP contribution in [0.5, 0.6) is 0 Å². The zero-order valence-electron chi connectivity index (χ0n) is 19.0. The van der Waals surface area contributed by atoms with Crippen molar-refractivity contribution in [2.75, 3.05) is 5.32 Å². The van der Waals surface area contributed by atoms with Crippen LogP contribution in [0, 0.1) is 6.92 Å². The van der Waals surface area contributed by atoms with Crippen LogP contribution >= 0.6 is 11.3 Å². The van der Waals surface area contributed by atoms with E-state index in [0.29, 0.717) is 27.3 Å². The van der Waals surface area contributed by atoms with E-state index in [-0.39, 0.29) is 27.5 Å². The fourth-order valence-corrected chi connectivity index (χ4v) is 4.80. The van der Waals surface area contributed by atoms with Crippen LogP contribution in [0.2, 0.25) is 0 Å². The molecule has 0 spiro atoms. The molecule has 1 N–H and O–H groups in total. The number of carbonyl (C=O) groups is 2. The quantitative estimate of drug-likeness (QED) is 0.296. The summed E-state index contributed by atoms with van der Waals surface area (Å²) in [6.07, 6.45) is 0. The number of Topliss-reactive ketones (excluding diaryl/α,β-unsaturated/α-hetero) is 1. The zero-order chi connectivity index (χ0) is 24.5. The highest BCUT2D eigenvalue weighted by molar-refractivity contribution is 7.18. The fourth-order valence-electron chi connectivity index (χ4n) is 3.92. The molecule has 0 aliphatic heterocycles. The molecule has 0 unspecified atom stereocenters. The third-order valence-corrected chi connectivity index (χ3v) is 6.71. The first-order valence-electron chi connectivity index (χ1n) is 10.9. The maximum atomic E-state index is 13.3. The van der Waals surface area contributed by atoms with Crippen molar-refractivity contribution in [1.82, 2.24) is 4.98 Å². The molecule has 0 fully saturated rings. The predicted molar refractivity (Wildman–Crippen MR) is 138 cm³/mol. The number of nitrogens with zero attached hydrogens (tertiary/aromatic N) is 1. The molecule has 172 valence electrons. The van der Waals surface area contributed by atoms with Crippen LogP contribution in [0.4, 0.5) is 5.13 Å². The Kier molecular flexibility index (Phi) is 5.84. The molecule has 2 aromatic heterocycles. The number of amides is 1. The van der Waals surface area contributed by atoms with E-state index in [0.717, 1.165) is 22.5 Å². The van der Waals surface area contributed by atoms with E-state index >= 15 is 0 Å². The van der Waals surface area contributed by atoms with Gasteiger partial charge in [-0.05, 0) is 19.1 Å². The van der Waals surface area contributed by atoms with Crippen molar-refractivity contribution in [1.29, 1.82) is 0 Å². The number of ketones is 1. The van der Waals surface area contributed by atoms with Crippen LogP contribution in [-0.2, 0) is 0 Å². The van der Waals surface area contributed by atoms with Gasteiger partial charge in [-0.1, -0.05) is 78.1 Å². The van der Waals surface area contributed by atoms with Crippen molar-refractivity contribution in [3.8, 4) is 22.6 Å². The molecule has 5 aromatic rings. The fraction of sp³-hybridized carbons (Fsp3) is 0.0714. The summed E-state index contributed by atoms with van der Waals surface area (Å²) in [5, 5.41) is 3.39. The number of carbonyl (C=O) groups excluding carboxylic acids is 2. The summed E-state index contributed by atoms with van der Waals surface area (Å²) in [4.78, 5) is 43.6. The smallest absolute Gasteiger partial charge is 0.261 e. The standard InChI is InChI=1S/C28H20N2O4S/c1-16-23(32)20-14-9-15-21(25(20)34-24(16)19-12-7-4-8-13-19)27(33)30-28-29-22(26(35-28)17(2)31)18-10-5-3-6-11-18/h3-15H,1-2H3,(H,29,30,33). The summed E-state index contributed by atoms with van der Waals surface area (Å²) in [6, 6.07) is 23.5. The van der Waals surface area contributed by atoms with Crippen molar-refractivity contribution in [2.45, 2.75) is 13.8 Å². The molecule has 0 aliphatic carbocycles. The molecule has 7 heteroatoms. The Morgan fingerprint density at radius 3 is 2.20 bits per heavy atom. The molecule has 0 saturated carbocycles. The summed E-state index contributed by atoms with van der Waals surface area (Å²) in [5.74, 6) is -0.200. The summed E-state index contributed by atoms with van der Waals surface area (Å²) >= 11 is 1.11. The molecule has 0 aliphatic rings. The van der Waals surface area contributed by atoms with Gasteiger partial charge >= 0.3 is 0 Å². The second kappa shape index (κ2) is 9.12. The minimum absolute atomic E-state index is 0.138. The molecule has 0 saturated heterocycles. The first-order chi connectivity index (χ1) is 16.9. The van der Waals surface area contributed by atoms with Gasteiger partial charge in [-0.3, -0.25) is 19.7 Å². The number of fused-ring (bicyclic) bond motifs is 1. The van der Waals surface area contributed by atoms with Crippen molar-refractivity contribution >= 4 is 39.1 Å². The Morgan fingerprint density at radius 2 is 1.54 bits per heavy atom. The van der Waals surface area contributed by atoms with Gasteiger partial charge < -0.3 is 4.42 Å². The topological polar surface area (TPSA) is 89.3 Å². The van der Waals surface area contributed by atoms with Crippen LogP contribution in [0.25, 0.3) is 33.6 Å². The van der Waals surface area contributed by atoms with Gasteiger partial charge in [0.1, 0.15) is 5.76 Å². The van der Waals surface area contributed by atoms with Crippen molar-refractivity contribution < 1.29 is 14.0 Å². The van der Waals surface area contributed by atoms with Gasteiger partial charge in [0, 0.05) is 23.6 Å². The molecular formula is C28H20N2O4S. The van der Waals surface area contributed by atoms with Gasteiger partial charge in [-0.15, -0.1) is 0 Å². The van der Waals surface area contributed by atoms with Crippen molar-refractivity contribution in [2.24, 2.45) is 0 Å². The number of hydrogen-bond acceptors (Lipinski definition) is 6. The third-order valence-electron chi connectivity index (χ3n) is 5.64.